The van der Waals surface area contributed by atoms with Crippen molar-refractivity contribution in [1.82, 2.24) is 13.7 Å². The first kappa shape index (κ1) is 17.0. The van der Waals surface area contributed by atoms with Gasteiger partial charge in [-0.2, -0.15) is 0 Å². The van der Waals surface area contributed by atoms with E-state index in [9.17, 15) is 16.4 Å². The minimum Gasteiger partial charge on any atom is -0.309 e. The molecule has 9 aromatic carbocycles. The first-order valence-corrected chi connectivity index (χ1v) is 17.8. The van der Waals surface area contributed by atoms with Crippen LogP contribution < -0.4 is 0 Å². The number of hydrogen-bond acceptors (Lipinski definition) is 0. The van der Waals surface area contributed by atoms with E-state index in [0.717, 1.165) is 20.3 Å². The van der Waals surface area contributed by atoms with Crippen molar-refractivity contribution in [3.05, 3.63) is 212 Å². The fraction of sp³-hybridized carbons (Fsp3) is 0. The molecule has 0 saturated carbocycles. The quantitative estimate of drug-likeness (QED) is 0.167. The summed E-state index contributed by atoms with van der Waals surface area (Å²) in [6.07, 6.45) is 0. The SMILES string of the molecule is [2H]c1c([2H])c([2H])c2c(c1[2H])c1c([2H])c([2H])c([2H])c(-n3c4c([2H])c([2H])c([2H])c([2H])c4c4c([2H])c([2H])c(-n5c6c([2H])c([2H])c([2H])c([2H])c6c6c([2H])c([2H])c([2H])c([2H])c65)c([2H])c43)c1n2-c1cccc(-c2cccc(-c3ccccc3)c2)c1. The Bertz CT molecular complexity index is 4730. The Morgan fingerprint density at radius 2 is 0.807 bits per heavy atom. The zero-order valence-corrected chi connectivity index (χ0v) is 29.3. The van der Waals surface area contributed by atoms with Gasteiger partial charge in [-0.1, -0.05) is 151 Å². The van der Waals surface area contributed by atoms with Crippen LogP contribution in [0.25, 0.3) is 105 Å². The molecule has 0 atom stereocenters. The van der Waals surface area contributed by atoms with Gasteiger partial charge in [0.1, 0.15) is 0 Å². The third-order valence-corrected chi connectivity index (χ3v) is 10.2. The maximum absolute atomic E-state index is 10.3. The molecular weight excluding hydrogens is 691 g/mol. The van der Waals surface area contributed by atoms with Crippen molar-refractivity contribution >= 4 is 65.4 Å². The van der Waals surface area contributed by atoms with Gasteiger partial charge in [-0.15, -0.1) is 0 Å². The van der Waals surface area contributed by atoms with E-state index in [0.29, 0.717) is 11.1 Å². The smallest absolute Gasteiger partial charge is 0.0782 e. The second kappa shape index (κ2) is 12.5. The third kappa shape index (κ3) is 4.79. The predicted octanol–water partition coefficient (Wildman–Crippen LogP) is 14.3. The summed E-state index contributed by atoms with van der Waals surface area (Å²) in [4.78, 5) is 0. The maximum atomic E-state index is 10.3. The van der Waals surface area contributed by atoms with Gasteiger partial charge in [0.25, 0.3) is 0 Å². The van der Waals surface area contributed by atoms with Gasteiger partial charge in [0, 0.05) is 43.7 Å². The normalized spacial score (nSPS) is 17.3. The van der Waals surface area contributed by atoms with E-state index < -0.39 is 188 Å². The molecule has 3 heterocycles. The number of nitrogens with zero attached hydrogens (tertiary/aromatic N) is 3. The average molecular weight is 748 g/mol. The lowest BCUT2D eigenvalue weighted by Crippen LogP contribution is -2.01. The van der Waals surface area contributed by atoms with Gasteiger partial charge in [0.15, 0.2) is 0 Å². The van der Waals surface area contributed by atoms with Crippen molar-refractivity contribution in [3.63, 3.8) is 0 Å². The van der Waals surface area contributed by atoms with Crippen LogP contribution in [0, 0.1) is 0 Å². The fourth-order valence-corrected chi connectivity index (χ4v) is 7.79. The Morgan fingerprint density at radius 1 is 0.316 bits per heavy atom. The summed E-state index contributed by atoms with van der Waals surface area (Å²) in [5.74, 6) is 0. The van der Waals surface area contributed by atoms with Crippen LogP contribution in [0.4, 0.5) is 0 Å². The van der Waals surface area contributed by atoms with Gasteiger partial charge in [-0.3, -0.25) is 0 Å². The Hall–Kier alpha value is -7.62. The monoisotopic (exact) mass is 747 g/mol. The number of rotatable bonds is 5. The maximum Gasteiger partial charge on any atom is 0.0782 e. The van der Waals surface area contributed by atoms with Crippen LogP contribution in [0.1, 0.15) is 30.2 Å². The number of aromatic nitrogens is 3. The van der Waals surface area contributed by atoms with Crippen LogP contribution >= 0.6 is 0 Å². The molecule has 0 aliphatic heterocycles. The number of benzene rings is 9. The molecule has 3 heteroatoms. The van der Waals surface area contributed by atoms with Gasteiger partial charge >= 0.3 is 0 Å². The highest BCUT2D eigenvalue weighted by atomic mass is 15.1. The van der Waals surface area contributed by atoms with Crippen LogP contribution in [0.3, 0.4) is 0 Å². The lowest BCUT2D eigenvalue weighted by atomic mass is 9.99. The highest BCUT2D eigenvalue weighted by Gasteiger charge is 2.21. The van der Waals surface area contributed by atoms with E-state index in [1.54, 1.807) is 24.3 Å². The molecule has 0 bridgehead atoms. The molecule has 0 fully saturated rings. The standard InChI is InChI=1S/C54H35N3/c1-2-15-36(16-3-1)37-17-12-18-38(33-37)39-19-13-20-40(34-39)56-50-28-10-7-24-45(50)47-25-14-30-52(54(47)56)57-51-29-11-6-23-44(51)46-32-31-41(35-53(46)57)55-48-26-8-4-21-42(48)43-22-5-9-27-49(43)55/h1-35H/i4D,5D,6D,7D,8D,9D,10D,11D,14D,21D,22D,23D,24D,25D,26D,27D,28D,29D,30D,31D,32D,35D. The Balaban J connectivity index is 1.33. The summed E-state index contributed by atoms with van der Waals surface area (Å²) in [5, 5.41) is -2.35. The van der Waals surface area contributed by atoms with Crippen LogP contribution in [-0.2, 0) is 0 Å². The van der Waals surface area contributed by atoms with Crippen molar-refractivity contribution in [2.45, 2.75) is 0 Å². The van der Waals surface area contributed by atoms with Gasteiger partial charge in [0.2, 0.25) is 0 Å². The molecule has 12 aromatic rings. The number of fused-ring (bicyclic) bond motifs is 9. The molecule has 3 aromatic heterocycles. The van der Waals surface area contributed by atoms with Gasteiger partial charge < -0.3 is 13.7 Å². The zero-order valence-electron chi connectivity index (χ0n) is 51.3. The molecule has 57 heavy (non-hydrogen) atoms. The first-order valence-electron chi connectivity index (χ1n) is 28.8. The van der Waals surface area contributed by atoms with Gasteiger partial charge in [-0.05, 0) is 82.7 Å². The molecule has 0 unspecified atom stereocenters. The Kier molecular flexibility index (Phi) is 3.72. The van der Waals surface area contributed by atoms with Crippen LogP contribution in [0.15, 0.2) is 212 Å². The third-order valence-electron chi connectivity index (χ3n) is 10.2. The van der Waals surface area contributed by atoms with E-state index in [2.05, 4.69) is 0 Å². The van der Waals surface area contributed by atoms with E-state index in [-0.39, 0.29) is 27.5 Å². The second-order valence-electron chi connectivity index (χ2n) is 13.3. The van der Waals surface area contributed by atoms with E-state index in [1.165, 1.54) is 4.57 Å². The van der Waals surface area contributed by atoms with E-state index >= 15 is 0 Å². The summed E-state index contributed by atoms with van der Waals surface area (Å²) in [6, 6.07) is 6.87. The molecule has 0 aliphatic rings. The molecule has 266 valence electrons. The Morgan fingerprint density at radius 3 is 1.47 bits per heavy atom. The van der Waals surface area contributed by atoms with Crippen molar-refractivity contribution in [2.75, 3.05) is 0 Å². The van der Waals surface area contributed by atoms with Crippen LogP contribution in [-0.4, -0.2) is 13.7 Å². The van der Waals surface area contributed by atoms with Gasteiger partial charge in [-0.25, -0.2) is 0 Å². The number of para-hydroxylation sites is 5. The minimum absolute atomic E-state index is 0.183. The predicted molar refractivity (Wildman–Crippen MR) is 240 cm³/mol. The zero-order chi connectivity index (χ0) is 56.6. The second-order valence-corrected chi connectivity index (χ2v) is 13.3. The molecule has 0 aliphatic carbocycles. The highest BCUT2D eigenvalue weighted by molar-refractivity contribution is 6.16. The minimum atomic E-state index is -0.896. The molecule has 12 rings (SSSR count). The lowest BCUT2D eigenvalue weighted by molar-refractivity contribution is 1.12. The summed E-state index contributed by atoms with van der Waals surface area (Å²) < 4.78 is 206. The van der Waals surface area contributed by atoms with Crippen molar-refractivity contribution in [3.8, 4) is 39.3 Å². The topological polar surface area (TPSA) is 14.8 Å². The molecule has 3 nitrogen and oxygen atoms in total. The van der Waals surface area contributed by atoms with Crippen LogP contribution in [0.2, 0.25) is 0 Å². The molecule has 0 saturated heterocycles. The van der Waals surface area contributed by atoms with Gasteiger partial charge in [0.05, 0.1) is 68.9 Å². The molecular formula is C54H35N3. The van der Waals surface area contributed by atoms with Crippen LogP contribution in [0.5, 0.6) is 0 Å². The molecule has 0 N–H and O–H groups in total. The molecule has 0 radical (unpaired) electrons. The van der Waals surface area contributed by atoms with Crippen molar-refractivity contribution in [1.29, 1.82) is 0 Å². The largest absolute Gasteiger partial charge is 0.309 e. The summed E-state index contributed by atoms with van der Waals surface area (Å²) in [7, 11) is 0. The Labute approximate surface area is 360 Å². The lowest BCUT2D eigenvalue weighted by Gasteiger charge is -2.16. The first-order chi connectivity index (χ1) is 37.5. The molecule has 0 spiro atoms. The summed E-state index contributed by atoms with van der Waals surface area (Å²) in [6.45, 7) is 0. The highest BCUT2D eigenvalue weighted by Crippen LogP contribution is 2.41. The van der Waals surface area contributed by atoms with E-state index in [1.807, 2.05) is 54.6 Å². The fourth-order valence-electron chi connectivity index (χ4n) is 7.79. The summed E-state index contributed by atoms with van der Waals surface area (Å²) in [5.41, 5.74) is -0.597. The van der Waals surface area contributed by atoms with E-state index in [4.69, 9.17) is 13.7 Å². The molecule has 0 amide bonds. The van der Waals surface area contributed by atoms with Crippen molar-refractivity contribution in [2.24, 2.45) is 0 Å². The number of hydrogen-bond donors (Lipinski definition) is 0. The summed E-state index contributed by atoms with van der Waals surface area (Å²) >= 11 is 0. The average Bonchev–Trinajstić information content (AvgIpc) is 3.03. The van der Waals surface area contributed by atoms with Crippen molar-refractivity contribution < 1.29 is 30.2 Å².